The van der Waals surface area contributed by atoms with Gasteiger partial charge >= 0.3 is 6.18 Å². The Morgan fingerprint density at radius 3 is 2.42 bits per heavy atom. The van der Waals surface area contributed by atoms with E-state index in [-0.39, 0.29) is 16.8 Å². The average molecular weight is 363 g/mol. The second kappa shape index (κ2) is 6.63. The second-order valence-corrected chi connectivity index (χ2v) is 6.42. The van der Waals surface area contributed by atoms with E-state index < -0.39 is 29.0 Å². The molecule has 1 aromatic rings. The van der Waals surface area contributed by atoms with Gasteiger partial charge in [0.1, 0.15) is 5.41 Å². The first-order valence-corrected chi connectivity index (χ1v) is 7.97. The molecule has 8 heteroatoms. The molecule has 0 heterocycles. The zero-order valence-corrected chi connectivity index (χ0v) is 14.0. The first kappa shape index (κ1) is 18.6. The van der Waals surface area contributed by atoms with E-state index in [1.165, 1.54) is 0 Å². The monoisotopic (exact) mass is 362 g/mol. The number of carbonyl (C=O) groups is 2. The minimum atomic E-state index is -4.55. The average Bonchev–Trinajstić information content (AvgIpc) is 3.29. The van der Waals surface area contributed by atoms with Gasteiger partial charge in [0.05, 0.1) is 16.3 Å². The number of hydrogen-bond acceptors (Lipinski definition) is 2. The van der Waals surface area contributed by atoms with Crippen LogP contribution in [-0.2, 0) is 15.8 Å². The lowest BCUT2D eigenvalue weighted by Crippen LogP contribution is -2.43. The zero-order chi connectivity index (χ0) is 18.1. The van der Waals surface area contributed by atoms with Crippen molar-refractivity contribution in [1.29, 1.82) is 0 Å². The van der Waals surface area contributed by atoms with Crippen LogP contribution in [0.2, 0.25) is 5.02 Å². The van der Waals surface area contributed by atoms with Gasteiger partial charge in [0.25, 0.3) is 0 Å². The number of halogens is 4. The molecule has 1 fully saturated rings. The Labute approximate surface area is 142 Å². The van der Waals surface area contributed by atoms with Gasteiger partial charge in [-0.15, -0.1) is 0 Å². The molecular weight excluding hydrogens is 345 g/mol. The number of nitrogens with one attached hydrogen (secondary N) is 2. The van der Waals surface area contributed by atoms with Gasteiger partial charge in [0.2, 0.25) is 11.8 Å². The minimum Gasteiger partial charge on any atom is -0.353 e. The molecule has 2 amide bonds. The van der Waals surface area contributed by atoms with Gasteiger partial charge < -0.3 is 10.6 Å². The van der Waals surface area contributed by atoms with Gasteiger partial charge in [-0.1, -0.05) is 18.5 Å². The summed E-state index contributed by atoms with van der Waals surface area (Å²) in [5.41, 5.74) is -2.30. The van der Waals surface area contributed by atoms with Crippen LogP contribution in [0.4, 0.5) is 18.9 Å². The van der Waals surface area contributed by atoms with Gasteiger partial charge in [0, 0.05) is 6.04 Å². The standard InChI is InChI=1S/C16H18ClF3N2O2/c1-3-9(2)21-13(23)15(6-7-15)14(24)22-12-8-10(16(18,19)20)4-5-11(12)17/h4-5,8-9H,3,6-7H2,1-2H3,(H,21,23)(H,22,24). The molecule has 1 atom stereocenters. The molecule has 0 radical (unpaired) electrons. The Balaban J connectivity index is 2.16. The van der Waals surface area contributed by atoms with Crippen LogP contribution in [0, 0.1) is 5.41 Å². The van der Waals surface area contributed by atoms with Crippen molar-refractivity contribution in [2.24, 2.45) is 5.41 Å². The Morgan fingerprint density at radius 1 is 1.29 bits per heavy atom. The van der Waals surface area contributed by atoms with Gasteiger partial charge in [-0.05, 0) is 44.4 Å². The molecule has 0 bridgehead atoms. The third-order valence-electron chi connectivity index (χ3n) is 4.15. The van der Waals surface area contributed by atoms with Gasteiger partial charge in [-0.25, -0.2) is 0 Å². The Hall–Kier alpha value is -1.76. The number of benzene rings is 1. The normalized spacial score (nSPS) is 17.1. The maximum Gasteiger partial charge on any atom is 0.416 e. The van der Waals surface area contributed by atoms with Crippen molar-refractivity contribution in [3.63, 3.8) is 0 Å². The van der Waals surface area contributed by atoms with Crippen LogP contribution in [0.3, 0.4) is 0 Å². The molecule has 0 aliphatic heterocycles. The lowest BCUT2D eigenvalue weighted by atomic mass is 10.0. The molecule has 2 rings (SSSR count). The van der Waals surface area contributed by atoms with Crippen molar-refractivity contribution in [3.8, 4) is 0 Å². The number of anilines is 1. The van der Waals surface area contributed by atoms with Crippen molar-refractivity contribution < 1.29 is 22.8 Å². The molecule has 132 valence electrons. The largest absolute Gasteiger partial charge is 0.416 e. The molecule has 0 spiro atoms. The van der Waals surface area contributed by atoms with E-state index >= 15 is 0 Å². The van der Waals surface area contributed by atoms with Crippen LogP contribution in [0.25, 0.3) is 0 Å². The predicted octanol–water partition coefficient (Wildman–Crippen LogP) is 3.99. The van der Waals surface area contributed by atoms with Crippen LogP contribution >= 0.6 is 11.6 Å². The van der Waals surface area contributed by atoms with E-state index in [1.807, 2.05) is 13.8 Å². The fraction of sp³-hybridized carbons (Fsp3) is 0.500. The van der Waals surface area contributed by atoms with E-state index in [4.69, 9.17) is 11.6 Å². The van der Waals surface area contributed by atoms with E-state index in [0.29, 0.717) is 19.3 Å². The third-order valence-corrected chi connectivity index (χ3v) is 4.48. The molecule has 1 saturated carbocycles. The summed E-state index contributed by atoms with van der Waals surface area (Å²) in [6.45, 7) is 3.71. The highest BCUT2D eigenvalue weighted by atomic mass is 35.5. The van der Waals surface area contributed by atoms with Gasteiger partial charge in [0.15, 0.2) is 0 Å². The molecular formula is C16H18ClF3N2O2. The Kier molecular flexibility index (Phi) is 5.13. The Bertz CT molecular complexity index is 657. The zero-order valence-electron chi connectivity index (χ0n) is 13.3. The molecule has 1 unspecified atom stereocenters. The SMILES string of the molecule is CCC(C)NC(=O)C1(C(=O)Nc2cc(C(F)(F)F)ccc2Cl)CC1. The van der Waals surface area contributed by atoms with Crippen LogP contribution in [0.1, 0.15) is 38.7 Å². The number of rotatable bonds is 5. The number of alkyl halides is 3. The first-order valence-electron chi connectivity index (χ1n) is 7.59. The quantitative estimate of drug-likeness (QED) is 0.778. The molecule has 0 aromatic heterocycles. The fourth-order valence-corrected chi connectivity index (χ4v) is 2.35. The third kappa shape index (κ3) is 3.83. The molecule has 24 heavy (non-hydrogen) atoms. The van der Waals surface area contributed by atoms with Crippen molar-refractivity contribution in [3.05, 3.63) is 28.8 Å². The first-order chi connectivity index (χ1) is 11.1. The summed E-state index contributed by atoms with van der Waals surface area (Å²) < 4.78 is 38.3. The molecule has 1 aliphatic carbocycles. The van der Waals surface area contributed by atoms with E-state index in [0.717, 1.165) is 18.2 Å². The lowest BCUT2D eigenvalue weighted by Gasteiger charge is -2.19. The van der Waals surface area contributed by atoms with Crippen LogP contribution in [-0.4, -0.2) is 17.9 Å². The van der Waals surface area contributed by atoms with E-state index in [9.17, 15) is 22.8 Å². The van der Waals surface area contributed by atoms with Crippen LogP contribution in [0.15, 0.2) is 18.2 Å². The maximum atomic E-state index is 12.8. The highest BCUT2D eigenvalue weighted by molar-refractivity contribution is 6.34. The number of amides is 2. The van der Waals surface area contributed by atoms with Crippen molar-refractivity contribution in [2.75, 3.05) is 5.32 Å². The Morgan fingerprint density at radius 2 is 1.92 bits per heavy atom. The number of hydrogen-bond donors (Lipinski definition) is 2. The van der Waals surface area contributed by atoms with Crippen molar-refractivity contribution in [1.82, 2.24) is 5.32 Å². The topological polar surface area (TPSA) is 58.2 Å². The molecule has 0 saturated heterocycles. The fourth-order valence-electron chi connectivity index (χ4n) is 2.19. The van der Waals surface area contributed by atoms with E-state index in [2.05, 4.69) is 10.6 Å². The lowest BCUT2D eigenvalue weighted by molar-refractivity contribution is -0.138. The highest BCUT2D eigenvalue weighted by Crippen LogP contribution is 2.47. The predicted molar refractivity (Wildman–Crippen MR) is 84.6 cm³/mol. The summed E-state index contributed by atoms with van der Waals surface area (Å²) in [6.07, 6.45) is -3.12. The molecule has 1 aliphatic rings. The van der Waals surface area contributed by atoms with Gasteiger partial charge in [-0.3, -0.25) is 9.59 Å². The molecule has 4 nitrogen and oxygen atoms in total. The van der Waals surface area contributed by atoms with E-state index in [1.54, 1.807) is 0 Å². The number of carbonyl (C=O) groups excluding carboxylic acids is 2. The maximum absolute atomic E-state index is 12.8. The van der Waals surface area contributed by atoms with Gasteiger partial charge in [-0.2, -0.15) is 13.2 Å². The van der Waals surface area contributed by atoms with Crippen molar-refractivity contribution >= 4 is 29.1 Å². The molecule has 2 N–H and O–H groups in total. The highest BCUT2D eigenvalue weighted by Gasteiger charge is 2.56. The summed E-state index contributed by atoms with van der Waals surface area (Å²) >= 11 is 5.86. The summed E-state index contributed by atoms with van der Waals surface area (Å²) in [5, 5.41) is 5.08. The molecule has 1 aromatic carbocycles. The summed E-state index contributed by atoms with van der Waals surface area (Å²) in [4.78, 5) is 24.7. The summed E-state index contributed by atoms with van der Waals surface area (Å²) in [6, 6.07) is 2.59. The van der Waals surface area contributed by atoms with Crippen LogP contribution in [0.5, 0.6) is 0 Å². The smallest absolute Gasteiger partial charge is 0.353 e. The summed E-state index contributed by atoms with van der Waals surface area (Å²) in [5.74, 6) is -1.04. The van der Waals surface area contributed by atoms with Crippen LogP contribution < -0.4 is 10.6 Å². The second-order valence-electron chi connectivity index (χ2n) is 6.01. The minimum absolute atomic E-state index is 0.0190. The van der Waals surface area contributed by atoms with Crippen molar-refractivity contribution in [2.45, 2.75) is 45.3 Å². The summed E-state index contributed by atoms with van der Waals surface area (Å²) in [7, 11) is 0.